The number of nitrogen functional groups attached to an aromatic ring is 1. The summed E-state index contributed by atoms with van der Waals surface area (Å²) in [4.78, 5) is 1.16. The van der Waals surface area contributed by atoms with Crippen LogP contribution in [0.2, 0.25) is 0 Å². The highest BCUT2D eigenvalue weighted by atomic mass is 15.5. The summed E-state index contributed by atoms with van der Waals surface area (Å²) in [6.45, 7) is 6.95. The summed E-state index contributed by atoms with van der Waals surface area (Å²) in [7, 11) is 0. The van der Waals surface area contributed by atoms with Gasteiger partial charge in [-0.15, -0.1) is 5.11 Å². The van der Waals surface area contributed by atoms with Gasteiger partial charge in [-0.05, 0) is 6.08 Å². The number of hydrogen-bond acceptors (Lipinski definition) is 4. The third-order valence-corrected chi connectivity index (χ3v) is 1.18. The van der Waals surface area contributed by atoms with E-state index in [1.165, 1.54) is 6.20 Å². The Hall–Kier alpha value is -1.91. The van der Waals surface area contributed by atoms with E-state index in [0.29, 0.717) is 11.4 Å². The highest BCUT2D eigenvalue weighted by Crippen LogP contribution is 2.17. The Morgan fingerprint density at radius 2 is 2.33 bits per heavy atom. The Kier molecular flexibility index (Phi) is 2.37. The van der Waals surface area contributed by atoms with Crippen molar-refractivity contribution >= 4 is 11.8 Å². The van der Waals surface area contributed by atoms with Gasteiger partial charge in [0.1, 0.15) is 11.4 Å². The maximum Gasteiger partial charge on any atom is 0.133 e. The summed E-state index contributed by atoms with van der Waals surface area (Å²) < 4.78 is 0. The first kappa shape index (κ1) is 8.19. The molecule has 5 nitrogen and oxygen atoms in total. The maximum atomic E-state index is 5.36. The van der Waals surface area contributed by atoms with Crippen molar-refractivity contribution in [1.29, 1.82) is 0 Å². The standard InChI is InChI=1S/C7H9N5/c1-3-6-7(10-9-4-2)5-12(8)11-6/h3-5H,1-2,8H2/b10-9-. The van der Waals surface area contributed by atoms with Gasteiger partial charge in [-0.25, -0.2) is 0 Å². The van der Waals surface area contributed by atoms with Crippen LogP contribution in [0.3, 0.4) is 0 Å². The lowest BCUT2D eigenvalue weighted by Gasteiger charge is -1.82. The molecule has 1 aromatic heterocycles. The van der Waals surface area contributed by atoms with E-state index >= 15 is 0 Å². The van der Waals surface area contributed by atoms with Crippen LogP contribution in [0.25, 0.3) is 6.08 Å². The molecule has 0 amide bonds. The third-order valence-electron chi connectivity index (χ3n) is 1.18. The van der Waals surface area contributed by atoms with E-state index in [2.05, 4.69) is 28.5 Å². The number of aromatic nitrogens is 2. The molecule has 2 N–H and O–H groups in total. The molecule has 0 unspecified atom stereocenters. The summed E-state index contributed by atoms with van der Waals surface area (Å²) >= 11 is 0. The number of hydrogen-bond donors (Lipinski definition) is 1. The fourth-order valence-corrected chi connectivity index (χ4v) is 0.721. The number of azo groups is 1. The SMILES string of the molecule is C=C/N=N\c1cn(N)nc1C=C. The topological polar surface area (TPSA) is 68.6 Å². The maximum absolute atomic E-state index is 5.36. The van der Waals surface area contributed by atoms with Crippen molar-refractivity contribution in [2.75, 3.05) is 5.84 Å². The van der Waals surface area contributed by atoms with Crippen LogP contribution in [-0.4, -0.2) is 9.89 Å². The third kappa shape index (κ3) is 1.57. The minimum absolute atomic E-state index is 0.576. The summed E-state index contributed by atoms with van der Waals surface area (Å²) in [5.41, 5.74) is 1.18. The van der Waals surface area contributed by atoms with Crippen LogP contribution in [0, 0.1) is 0 Å². The van der Waals surface area contributed by atoms with Crippen molar-refractivity contribution in [3.63, 3.8) is 0 Å². The molecule has 0 fully saturated rings. The summed E-state index contributed by atoms with van der Waals surface area (Å²) in [5, 5.41) is 11.3. The molecule has 1 heterocycles. The quantitative estimate of drug-likeness (QED) is 0.541. The molecule has 0 radical (unpaired) electrons. The first-order valence-corrected chi connectivity index (χ1v) is 3.27. The second-order valence-corrected chi connectivity index (χ2v) is 1.98. The van der Waals surface area contributed by atoms with Gasteiger partial charge >= 0.3 is 0 Å². The highest BCUT2D eigenvalue weighted by Gasteiger charge is 2.01. The van der Waals surface area contributed by atoms with Gasteiger partial charge in [0.25, 0.3) is 0 Å². The molecule has 12 heavy (non-hydrogen) atoms. The predicted molar refractivity (Wildman–Crippen MR) is 47.2 cm³/mol. The zero-order chi connectivity index (χ0) is 8.97. The van der Waals surface area contributed by atoms with Gasteiger partial charge in [-0.1, -0.05) is 13.2 Å². The average Bonchev–Trinajstić information content (AvgIpc) is 2.42. The van der Waals surface area contributed by atoms with Gasteiger partial charge in [0.05, 0.1) is 6.20 Å². The Morgan fingerprint density at radius 3 is 2.92 bits per heavy atom. The molecule has 1 aromatic rings. The lowest BCUT2D eigenvalue weighted by Crippen LogP contribution is -2.07. The van der Waals surface area contributed by atoms with Gasteiger partial charge in [0, 0.05) is 6.20 Å². The van der Waals surface area contributed by atoms with E-state index in [0.717, 1.165) is 4.79 Å². The molecular formula is C7H9N5. The zero-order valence-electron chi connectivity index (χ0n) is 6.51. The van der Waals surface area contributed by atoms with E-state index in [1.807, 2.05) is 0 Å². The van der Waals surface area contributed by atoms with E-state index in [9.17, 15) is 0 Å². The minimum atomic E-state index is 0.576. The monoisotopic (exact) mass is 163 g/mol. The van der Waals surface area contributed by atoms with E-state index < -0.39 is 0 Å². The fraction of sp³-hybridized carbons (Fsp3) is 0. The Labute approximate surface area is 69.9 Å². The Morgan fingerprint density at radius 1 is 1.58 bits per heavy atom. The molecule has 0 aliphatic heterocycles. The summed E-state index contributed by atoms with van der Waals surface area (Å²) in [6.07, 6.45) is 4.44. The molecule has 0 bridgehead atoms. The normalized spacial score (nSPS) is 10.3. The summed E-state index contributed by atoms with van der Waals surface area (Å²) in [6, 6.07) is 0. The smallest absolute Gasteiger partial charge is 0.133 e. The van der Waals surface area contributed by atoms with E-state index in [1.54, 1.807) is 12.3 Å². The van der Waals surface area contributed by atoms with E-state index in [4.69, 9.17) is 5.84 Å². The van der Waals surface area contributed by atoms with Crippen LogP contribution in [0.15, 0.2) is 35.8 Å². The molecular weight excluding hydrogens is 154 g/mol. The van der Waals surface area contributed by atoms with Gasteiger partial charge in [-0.2, -0.15) is 15.0 Å². The molecule has 0 aromatic carbocycles. The van der Waals surface area contributed by atoms with Crippen molar-refractivity contribution in [2.24, 2.45) is 10.2 Å². The van der Waals surface area contributed by atoms with Crippen LogP contribution in [0.5, 0.6) is 0 Å². The Balaban J connectivity index is 3.04. The van der Waals surface area contributed by atoms with Gasteiger partial charge < -0.3 is 5.84 Å². The second kappa shape index (κ2) is 3.47. The lowest BCUT2D eigenvalue weighted by molar-refractivity contribution is 0.828. The first-order valence-electron chi connectivity index (χ1n) is 3.27. The van der Waals surface area contributed by atoms with Gasteiger partial charge in [0.15, 0.2) is 0 Å². The lowest BCUT2D eigenvalue weighted by atomic mass is 10.4. The molecule has 0 saturated carbocycles. The van der Waals surface area contributed by atoms with Crippen molar-refractivity contribution in [2.45, 2.75) is 0 Å². The number of nitrogens with zero attached hydrogens (tertiary/aromatic N) is 4. The highest BCUT2D eigenvalue weighted by molar-refractivity contribution is 5.57. The molecule has 62 valence electrons. The predicted octanol–water partition coefficient (Wildman–Crippen LogP) is 1.47. The molecule has 0 aliphatic carbocycles. The van der Waals surface area contributed by atoms with E-state index in [-0.39, 0.29) is 0 Å². The molecule has 0 atom stereocenters. The molecule has 0 spiro atoms. The second-order valence-electron chi connectivity index (χ2n) is 1.98. The van der Waals surface area contributed by atoms with Crippen LogP contribution >= 0.6 is 0 Å². The van der Waals surface area contributed by atoms with Crippen molar-refractivity contribution in [3.05, 3.63) is 31.2 Å². The van der Waals surface area contributed by atoms with Crippen LogP contribution < -0.4 is 5.84 Å². The first-order chi connectivity index (χ1) is 5.77. The largest absolute Gasteiger partial charge is 0.323 e. The Bertz CT molecular complexity index is 323. The molecule has 5 heteroatoms. The van der Waals surface area contributed by atoms with Gasteiger partial charge in [0.2, 0.25) is 0 Å². The minimum Gasteiger partial charge on any atom is -0.323 e. The fourth-order valence-electron chi connectivity index (χ4n) is 0.721. The van der Waals surface area contributed by atoms with Crippen LogP contribution in [-0.2, 0) is 0 Å². The van der Waals surface area contributed by atoms with Crippen LogP contribution in [0.1, 0.15) is 5.69 Å². The van der Waals surface area contributed by atoms with Crippen molar-refractivity contribution in [3.8, 4) is 0 Å². The molecule has 1 rings (SSSR count). The number of nitrogens with two attached hydrogens (primary N) is 1. The van der Waals surface area contributed by atoms with Crippen LogP contribution in [0.4, 0.5) is 5.69 Å². The van der Waals surface area contributed by atoms with Crippen molar-refractivity contribution < 1.29 is 0 Å². The average molecular weight is 163 g/mol. The van der Waals surface area contributed by atoms with Gasteiger partial charge in [-0.3, -0.25) is 0 Å². The molecule has 0 saturated heterocycles. The summed E-state index contributed by atoms with van der Waals surface area (Å²) in [5.74, 6) is 5.36. The zero-order valence-corrected chi connectivity index (χ0v) is 6.51. The molecule has 0 aliphatic rings. The van der Waals surface area contributed by atoms with Crippen molar-refractivity contribution in [1.82, 2.24) is 9.89 Å². The number of rotatable bonds is 3.